The van der Waals surface area contributed by atoms with E-state index in [-0.39, 0.29) is 0 Å². The number of ether oxygens (including phenoxy) is 1. The van der Waals surface area contributed by atoms with Crippen LogP contribution in [0.15, 0.2) is 12.1 Å². The Kier molecular flexibility index (Phi) is 4.17. The molecular formula is C13H17NO. The zero-order chi connectivity index (χ0) is 11.3. The summed E-state index contributed by atoms with van der Waals surface area (Å²) < 4.78 is 5.25. The van der Waals surface area contributed by atoms with Gasteiger partial charge in [-0.3, -0.25) is 0 Å². The fourth-order valence-corrected chi connectivity index (χ4v) is 1.70. The highest BCUT2D eigenvalue weighted by Gasteiger charge is 2.04. The molecule has 0 N–H and O–H groups in total. The largest absolute Gasteiger partial charge is 0.496 e. The molecule has 0 bridgehead atoms. The lowest BCUT2D eigenvalue weighted by Crippen LogP contribution is -1.94. The maximum absolute atomic E-state index is 8.48. The molecule has 0 aromatic heterocycles. The molecule has 2 heteroatoms. The molecule has 0 aliphatic heterocycles. The van der Waals surface area contributed by atoms with Crippen LogP contribution in [0.3, 0.4) is 0 Å². The monoisotopic (exact) mass is 203 g/mol. The number of hydrogen-bond donors (Lipinski definition) is 0. The van der Waals surface area contributed by atoms with Gasteiger partial charge in [-0.2, -0.15) is 5.26 Å². The first kappa shape index (κ1) is 11.6. The molecule has 0 atom stereocenters. The molecule has 1 aromatic rings. The molecule has 2 nitrogen and oxygen atoms in total. The Morgan fingerprint density at radius 3 is 2.60 bits per heavy atom. The van der Waals surface area contributed by atoms with Crippen LogP contribution in [-0.2, 0) is 6.42 Å². The number of unbranched alkanes of at least 4 members (excludes halogenated alkanes) is 1. The molecule has 0 saturated heterocycles. The molecule has 0 amide bonds. The van der Waals surface area contributed by atoms with Crippen molar-refractivity contribution >= 4 is 0 Å². The normalized spacial score (nSPS) is 9.73. The summed E-state index contributed by atoms with van der Waals surface area (Å²) in [7, 11) is 1.69. The summed E-state index contributed by atoms with van der Waals surface area (Å²) in [6, 6.07) is 6.39. The first-order chi connectivity index (χ1) is 7.19. The van der Waals surface area contributed by atoms with Crippen LogP contribution in [0, 0.1) is 25.2 Å². The molecule has 0 radical (unpaired) electrons. The summed E-state index contributed by atoms with van der Waals surface area (Å²) in [6.45, 7) is 4.13. The van der Waals surface area contributed by atoms with Crippen molar-refractivity contribution in [2.45, 2.75) is 33.1 Å². The van der Waals surface area contributed by atoms with Crippen LogP contribution in [0.2, 0.25) is 0 Å². The molecule has 0 heterocycles. The lowest BCUT2D eigenvalue weighted by Gasteiger charge is -2.10. The summed E-state index contributed by atoms with van der Waals surface area (Å²) in [5.41, 5.74) is 3.73. The molecule has 80 valence electrons. The Morgan fingerprint density at radius 2 is 2.00 bits per heavy atom. The second-order valence-electron chi connectivity index (χ2n) is 3.76. The summed E-state index contributed by atoms with van der Waals surface area (Å²) in [6.07, 6.45) is 2.54. The first-order valence-electron chi connectivity index (χ1n) is 5.20. The van der Waals surface area contributed by atoms with Crippen molar-refractivity contribution in [3.05, 3.63) is 28.8 Å². The van der Waals surface area contributed by atoms with Gasteiger partial charge in [-0.25, -0.2) is 0 Å². The van der Waals surface area contributed by atoms with E-state index < -0.39 is 0 Å². The lowest BCUT2D eigenvalue weighted by molar-refractivity contribution is 0.411. The Balaban J connectivity index is 2.81. The molecule has 1 aromatic carbocycles. The van der Waals surface area contributed by atoms with E-state index in [1.54, 1.807) is 7.11 Å². The van der Waals surface area contributed by atoms with E-state index in [9.17, 15) is 0 Å². The molecule has 0 aliphatic rings. The fraction of sp³-hybridized carbons (Fsp3) is 0.462. The predicted octanol–water partition coefficient (Wildman–Crippen LogP) is 3.16. The van der Waals surface area contributed by atoms with Crippen LogP contribution in [0.4, 0.5) is 0 Å². The summed E-state index contributed by atoms with van der Waals surface area (Å²) in [5.74, 6) is 0.941. The Bertz CT molecular complexity index is 377. The third-order valence-electron chi connectivity index (χ3n) is 2.59. The maximum Gasteiger partial charge on any atom is 0.122 e. The highest BCUT2D eigenvalue weighted by molar-refractivity contribution is 5.41. The van der Waals surface area contributed by atoms with E-state index >= 15 is 0 Å². The molecule has 15 heavy (non-hydrogen) atoms. The van der Waals surface area contributed by atoms with Gasteiger partial charge >= 0.3 is 0 Å². The molecule has 0 unspecified atom stereocenters. The van der Waals surface area contributed by atoms with Gasteiger partial charge < -0.3 is 4.74 Å². The Labute approximate surface area is 91.5 Å². The SMILES string of the molecule is COc1cc(C)c(CCCC#N)cc1C. The van der Waals surface area contributed by atoms with Crippen LogP contribution in [0.1, 0.15) is 29.5 Å². The number of methoxy groups -OCH3 is 1. The van der Waals surface area contributed by atoms with E-state index in [4.69, 9.17) is 10.00 Å². The zero-order valence-corrected chi connectivity index (χ0v) is 9.63. The van der Waals surface area contributed by atoms with E-state index in [0.29, 0.717) is 6.42 Å². The minimum Gasteiger partial charge on any atom is -0.496 e. The van der Waals surface area contributed by atoms with Gasteiger partial charge in [0.2, 0.25) is 0 Å². The highest BCUT2D eigenvalue weighted by Crippen LogP contribution is 2.23. The number of rotatable bonds is 4. The smallest absolute Gasteiger partial charge is 0.122 e. The number of nitrogens with zero attached hydrogens (tertiary/aromatic N) is 1. The van der Waals surface area contributed by atoms with Crippen molar-refractivity contribution in [3.8, 4) is 11.8 Å². The number of hydrogen-bond acceptors (Lipinski definition) is 2. The van der Waals surface area contributed by atoms with Gasteiger partial charge in [0.05, 0.1) is 13.2 Å². The van der Waals surface area contributed by atoms with Gasteiger partial charge in [0.25, 0.3) is 0 Å². The van der Waals surface area contributed by atoms with Gasteiger partial charge in [0.1, 0.15) is 5.75 Å². The second-order valence-corrected chi connectivity index (χ2v) is 3.76. The van der Waals surface area contributed by atoms with E-state index in [1.807, 2.05) is 6.92 Å². The average molecular weight is 203 g/mol. The topological polar surface area (TPSA) is 33.0 Å². The minimum absolute atomic E-state index is 0.629. The minimum atomic E-state index is 0.629. The average Bonchev–Trinajstić information content (AvgIpc) is 2.23. The molecule has 0 fully saturated rings. The summed E-state index contributed by atoms with van der Waals surface area (Å²) >= 11 is 0. The maximum atomic E-state index is 8.48. The number of nitriles is 1. The first-order valence-corrected chi connectivity index (χ1v) is 5.20. The van der Waals surface area contributed by atoms with E-state index in [1.165, 1.54) is 11.1 Å². The van der Waals surface area contributed by atoms with Crippen molar-refractivity contribution in [3.63, 3.8) is 0 Å². The van der Waals surface area contributed by atoms with Crippen LogP contribution >= 0.6 is 0 Å². The fourth-order valence-electron chi connectivity index (χ4n) is 1.70. The van der Waals surface area contributed by atoms with Crippen molar-refractivity contribution < 1.29 is 4.74 Å². The Hall–Kier alpha value is -1.49. The number of aryl methyl sites for hydroxylation is 3. The second kappa shape index (κ2) is 5.41. The molecule has 0 saturated carbocycles. The molecule has 1 rings (SSSR count). The summed E-state index contributed by atoms with van der Waals surface area (Å²) in [5, 5.41) is 8.48. The van der Waals surface area contributed by atoms with Gasteiger partial charge in [-0.15, -0.1) is 0 Å². The van der Waals surface area contributed by atoms with Gasteiger partial charge in [0.15, 0.2) is 0 Å². The highest BCUT2D eigenvalue weighted by atomic mass is 16.5. The van der Waals surface area contributed by atoms with Crippen molar-refractivity contribution in [1.29, 1.82) is 5.26 Å². The van der Waals surface area contributed by atoms with Gasteiger partial charge in [-0.05, 0) is 49.4 Å². The predicted molar refractivity (Wildman–Crippen MR) is 61.0 cm³/mol. The molecule has 0 spiro atoms. The van der Waals surface area contributed by atoms with E-state index in [0.717, 1.165) is 24.2 Å². The van der Waals surface area contributed by atoms with Crippen LogP contribution in [-0.4, -0.2) is 7.11 Å². The quantitative estimate of drug-likeness (QED) is 0.704. The number of benzene rings is 1. The third kappa shape index (κ3) is 2.99. The molecular weight excluding hydrogens is 186 g/mol. The third-order valence-corrected chi connectivity index (χ3v) is 2.59. The zero-order valence-electron chi connectivity index (χ0n) is 9.63. The van der Waals surface area contributed by atoms with Crippen molar-refractivity contribution in [1.82, 2.24) is 0 Å². The lowest BCUT2D eigenvalue weighted by atomic mass is 10.00. The van der Waals surface area contributed by atoms with Crippen molar-refractivity contribution in [2.24, 2.45) is 0 Å². The standard InChI is InChI=1S/C13H17NO/c1-10-9-13(15-3)11(2)8-12(10)6-4-5-7-14/h8-9H,4-6H2,1-3H3. The van der Waals surface area contributed by atoms with Crippen LogP contribution < -0.4 is 4.74 Å². The van der Waals surface area contributed by atoms with Gasteiger partial charge in [0, 0.05) is 6.42 Å². The van der Waals surface area contributed by atoms with Gasteiger partial charge in [-0.1, -0.05) is 6.07 Å². The summed E-state index contributed by atoms with van der Waals surface area (Å²) in [4.78, 5) is 0. The Morgan fingerprint density at radius 1 is 1.27 bits per heavy atom. The van der Waals surface area contributed by atoms with Crippen molar-refractivity contribution in [2.75, 3.05) is 7.11 Å². The van der Waals surface area contributed by atoms with Crippen LogP contribution in [0.5, 0.6) is 5.75 Å². The van der Waals surface area contributed by atoms with E-state index in [2.05, 4.69) is 25.1 Å². The van der Waals surface area contributed by atoms with Crippen LogP contribution in [0.25, 0.3) is 0 Å². The molecule has 0 aliphatic carbocycles.